The summed E-state index contributed by atoms with van der Waals surface area (Å²) in [5, 5.41) is 6.72. The lowest BCUT2D eigenvalue weighted by atomic mass is 9.93. The van der Waals surface area contributed by atoms with Gasteiger partial charge in [0.2, 0.25) is 0 Å². The first-order valence-corrected chi connectivity index (χ1v) is 5.90. The number of aromatic amines is 1. The quantitative estimate of drug-likeness (QED) is 0.788. The van der Waals surface area contributed by atoms with Crippen LogP contribution in [0.4, 0.5) is 0 Å². The van der Waals surface area contributed by atoms with Gasteiger partial charge in [0.15, 0.2) is 0 Å². The van der Waals surface area contributed by atoms with Crippen LogP contribution in [-0.4, -0.2) is 33.6 Å². The van der Waals surface area contributed by atoms with Crippen LogP contribution in [0.1, 0.15) is 42.7 Å². The van der Waals surface area contributed by atoms with Gasteiger partial charge in [-0.3, -0.25) is 9.89 Å². The van der Waals surface area contributed by atoms with Crippen molar-refractivity contribution in [2.24, 2.45) is 5.92 Å². The van der Waals surface area contributed by atoms with E-state index >= 15 is 0 Å². The number of H-pyrrole nitrogens is 1. The van der Waals surface area contributed by atoms with E-state index in [1.54, 1.807) is 6.20 Å². The molecule has 88 valence electrons. The number of nitrogens with one attached hydrogen (secondary N) is 1. The van der Waals surface area contributed by atoms with Crippen molar-refractivity contribution in [3.05, 3.63) is 17.5 Å². The first-order chi connectivity index (χ1) is 7.59. The van der Waals surface area contributed by atoms with E-state index in [0.717, 1.165) is 31.0 Å². The van der Waals surface area contributed by atoms with Crippen LogP contribution in [0.5, 0.6) is 0 Å². The molecule has 2 rings (SSSR count). The Morgan fingerprint density at radius 1 is 1.56 bits per heavy atom. The highest BCUT2D eigenvalue weighted by Crippen LogP contribution is 2.24. The number of nitrogens with zero attached hydrogens (tertiary/aromatic N) is 2. The van der Waals surface area contributed by atoms with Gasteiger partial charge in [-0.1, -0.05) is 6.92 Å². The summed E-state index contributed by atoms with van der Waals surface area (Å²) in [6.45, 7) is 7.13. The molecule has 2 unspecified atom stereocenters. The van der Waals surface area contributed by atoms with Crippen molar-refractivity contribution in [2.45, 2.75) is 39.7 Å². The summed E-state index contributed by atoms with van der Waals surface area (Å²) in [6.07, 6.45) is 3.83. The zero-order chi connectivity index (χ0) is 11.7. The fraction of sp³-hybridized carbons (Fsp3) is 0.667. The molecular formula is C12H19N3O. The molecule has 0 saturated carbocycles. The molecule has 1 aromatic heterocycles. The Balaban J connectivity index is 2.14. The lowest BCUT2D eigenvalue weighted by Crippen LogP contribution is -2.44. The van der Waals surface area contributed by atoms with Crippen molar-refractivity contribution < 1.29 is 4.79 Å². The van der Waals surface area contributed by atoms with E-state index in [1.165, 1.54) is 0 Å². The van der Waals surface area contributed by atoms with E-state index < -0.39 is 0 Å². The Hall–Kier alpha value is -1.32. The van der Waals surface area contributed by atoms with Crippen LogP contribution in [-0.2, 0) is 0 Å². The number of likely N-dealkylation sites (tertiary alicyclic amines) is 1. The third-order valence-electron chi connectivity index (χ3n) is 3.46. The molecule has 1 fully saturated rings. The molecule has 0 radical (unpaired) electrons. The number of hydrogen-bond acceptors (Lipinski definition) is 2. The molecule has 1 aromatic rings. The molecular weight excluding hydrogens is 202 g/mol. The number of rotatable bonds is 1. The van der Waals surface area contributed by atoms with E-state index in [0.29, 0.717) is 11.6 Å². The van der Waals surface area contributed by atoms with Crippen molar-refractivity contribution in [2.75, 3.05) is 6.54 Å². The second-order valence-electron chi connectivity index (χ2n) is 4.89. The molecule has 2 atom stereocenters. The number of carbonyl (C=O) groups excluding carboxylic acids is 1. The van der Waals surface area contributed by atoms with Gasteiger partial charge in [-0.05, 0) is 32.6 Å². The molecule has 0 bridgehead atoms. The summed E-state index contributed by atoms with van der Waals surface area (Å²) >= 11 is 0. The molecule has 1 saturated heterocycles. The topological polar surface area (TPSA) is 49.0 Å². The van der Waals surface area contributed by atoms with Gasteiger partial charge >= 0.3 is 0 Å². The fourth-order valence-corrected chi connectivity index (χ4v) is 2.43. The lowest BCUT2D eigenvalue weighted by molar-refractivity contribution is 0.0588. The normalized spacial score (nSPS) is 25.8. The average Bonchev–Trinajstić information content (AvgIpc) is 2.63. The second-order valence-corrected chi connectivity index (χ2v) is 4.89. The average molecular weight is 221 g/mol. The predicted octanol–water partition coefficient (Wildman–Crippen LogP) is 1.98. The van der Waals surface area contributed by atoms with Crippen molar-refractivity contribution in [3.63, 3.8) is 0 Å². The standard InChI is InChI=1S/C12H19N3O/c1-8-4-5-15(9(2)6-8)12(16)11-7-13-14-10(11)3/h7-9H,4-6H2,1-3H3,(H,13,14). The van der Waals surface area contributed by atoms with Crippen LogP contribution in [0.2, 0.25) is 0 Å². The maximum absolute atomic E-state index is 12.3. The van der Waals surface area contributed by atoms with E-state index in [9.17, 15) is 4.79 Å². The van der Waals surface area contributed by atoms with Gasteiger partial charge in [-0.2, -0.15) is 5.10 Å². The molecule has 0 aliphatic carbocycles. The number of piperidine rings is 1. The highest BCUT2D eigenvalue weighted by molar-refractivity contribution is 5.95. The van der Waals surface area contributed by atoms with Gasteiger partial charge < -0.3 is 4.90 Å². The van der Waals surface area contributed by atoms with Gasteiger partial charge in [0, 0.05) is 18.3 Å². The summed E-state index contributed by atoms with van der Waals surface area (Å²) < 4.78 is 0. The van der Waals surface area contributed by atoms with Gasteiger partial charge in [0.1, 0.15) is 0 Å². The van der Waals surface area contributed by atoms with Gasteiger partial charge in [-0.15, -0.1) is 0 Å². The fourth-order valence-electron chi connectivity index (χ4n) is 2.43. The van der Waals surface area contributed by atoms with E-state index in [-0.39, 0.29) is 5.91 Å². The van der Waals surface area contributed by atoms with Crippen molar-refractivity contribution >= 4 is 5.91 Å². The van der Waals surface area contributed by atoms with Crippen molar-refractivity contribution in [1.82, 2.24) is 15.1 Å². The maximum atomic E-state index is 12.3. The van der Waals surface area contributed by atoms with E-state index in [2.05, 4.69) is 24.0 Å². The predicted molar refractivity (Wildman–Crippen MR) is 62.2 cm³/mol. The molecule has 0 aromatic carbocycles. The first-order valence-electron chi connectivity index (χ1n) is 5.90. The minimum Gasteiger partial charge on any atom is -0.336 e. The summed E-state index contributed by atoms with van der Waals surface area (Å²) in [4.78, 5) is 14.2. The largest absolute Gasteiger partial charge is 0.336 e. The number of carbonyl (C=O) groups is 1. The SMILES string of the molecule is Cc1[nH]ncc1C(=O)N1CCC(C)CC1C. The Labute approximate surface area is 96.0 Å². The third kappa shape index (κ3) is 1.96. The van der Waals surface area contributed by atoms with Gasteiger partial charge in [-0.25, -0.2) is 0 Å². The lowest BCUT2D eigenvalue weighted by Gasteiger charge is -2.36. The number of hydrogen-bond donors (Lipinski definition) is 1. The Morgan fingerprint density at radius 3 is 2.88 bits per heavy atom. The monoisotopic (exact) mass is 221 g/mol. The van der Waals surface area contributed by atoms with Crippen LogP contribution in [0.25, 0.3) is 0 Å². The molecule has 1 N–H and O–H groups in total. The molecule has 4 nitrogen and oxygen atoms in total. The van der Waals surface area contributed by atoms with Crippen LogP contribution in [0.15, 0.2) is 6.20 Å². The molecule has 2 heterocycles. The molecule has 16 heavy (non-hydrogen) atoms. The zero-order valence-corrected chi connectivity index (χ0v) is 10.2. The zero-order valence-electron chi connectivity index (χ0n) is 10.2. The smallest absolute Gasteiger partial charge is 0.257 e. The minimum atomic E-state index is 0.116. The van der Waals surface area contributed by atoms with E-state index in [1.807, 2.05) is 11.8 Å². The highest BCUT2D eigenvalue weighted by Gasteiger charge is 2.28. The van der Waals surface area contributed by atoms with Crippen LogP contribution >= 0.6 is 0 Å². The first kappa shape index (κ1) is 11.2. The van der Waals surface area contributed by atoms with Crippen molar-refractivity contribution in [3.8, 4) is 0 Å². The minimum absolute atomic E-state index is 0.116. The van der Waals surface area contributed by atoms with Crippen LogP contribution < -0.4 is 0 Å². The summed E-state index contributed by atoms with van der Waals surface area (Å²) in [5.41, 5.74) is 1.57. The van der Waals surface area contributed by atoms with Gasteiger partial charge in [0.05, 0.1) is 11.8 Å². The second kappa shape index (κ2) is 4.28. The number of aryl methyl sites for hydroxylation is 1. The number of aromatic nitrogens is 2. The Kier molecular flexibility index (Phi) is 2.99. The summed E-state index contributed by atoms with van der Waals surface area (Å²) in [6, 6.07) is 0.338. The van der Waals surface area contributed by atoms with Crippen LogP contribution in [0.3, 0.4) is 0 Å². The Bertz CT molecular complexity index is 385. The maximum Gasteiger partial charge on any atom is 0.257 e. The molecule has 1 aliphatic heterocycles. The van der Waals surface area contributed by atoms with Crippen LogP contribution in [0, 0.1) is 12.8 Å². The Morgan fingerprint density at radius 2 is 2.31 bits per heavy atom. The summed E-state index contributed by atoms with van der Waals surface area (Å²) in [7, 11) is 0. The van der Waals surface area contributed by atoms with E-state index in [4.69, 9.17) is 0 Å². The molecule has 0 spiro atoms. The molecule has 1 aliphatic rings. The van der Waals surface area contributed by atoms with Crippen molar-refractivity contribution in [1.29, 1.82) is 0 Å². The number of amides is 1. The molecule has 4 heteroatoms. The highest BCUT2D eigenvalue weighted by atomic mass is 16.2. The third-order valence-corrected chi connectivity index (χ3v) is 3.46. The molecule has 1 amide bonds. The summed E-state index contributed by atoms with van der Waals surface area (Å²) in [5.74, 6) is 0.843. The van der Waals surface area contributed by atoms with Gasteiger partial charge in [0.25, 0.3) is 5.91 Å².